The Bertz CT molecular complexity index is 714. The summed E-state index contributed by atoms with van der Waals surface area (Å²) in [5.74, 6) is -0.110. The highest BCUT2D eigenvalue weighted by molar-refractivity contribution is 6.04. The van der Waals surface area contributed by atoms with Crippen molar-refractivity contribution in [2.45, 2.75) is 46.8 Å². The topological polar surface area (TPSA) is 70.9 Å². The van der Waals surface area contributed by atoms with E-state index in [9.17, 15) is 9.59 Å². The number of hydrogen-bond donors (Lipinski definition) is 0. The SMILES string of the molecule is CCn1ncc(CN2CC3C(=O)N(CCOC)C(=O)N3CC(C)(C)C2)c1C. The lowest BCUT2D eigenvalue weighted by molar-refractivity contribution is -0.129. The number of aryl methyl sites for hydroxylation is 1. The molecule has 0 aliphatic carbocycles. The van der Waals surface area contributed by atoms with Gasteiger partial charge in [-0.1, -0.05) is 13.8 Å². The van der Waals surface area contributed by atoms with E-state index in [4.69, 9.17) is 4.74 Å². The predicted octanol–water partition coefficient (Wildman–Crippen LogP) is 1.33. The summed E-state index contributed by atoms with van der Waals surface area (Å²) in [4.78, 5) is 31.1. The molecule has 0 N–H and O–H groups in total. The third-order valence-electron chi connectivity index (χ3n) is 5.50. The molecule has 2 aliphatic heterocycles. The number of urea groups is 1. The van der Waals surface area contributed by atoms with Crippen LogP contribution in [0.3, 0.4) is 0 Å². The van der Waals surface area contributed by atoms with Gasteiger partial charge in [-0.3, -0.25) is 19.3 Å². The smallest absolute Gasteiger partial charge is 0.327 e. The van der Waals surface area contributed by atoms with Gasteiger partial charge in [-0.25, -0.2) is 4.79 Å². The fourth-order valence-corrected chi connectivity index (χ4v) is 4.18. The standard InChI is InChI=1S/C19H31N5O3/c1-6-24-14(2)15(9-20-24)10-21-11-16-17(25)22(7-8-27-5)18(26)23(16)13-19(3,4)12-21/h9,16H,6-8,10-13H2,1-5H3. The molecule has 150 valence electrons. The Balaban J connectivity index is 1.81. The lowest BCUT2D eigenvalue weighted by Crippen LogP contribution is -2.41. The highest BCUT2D eigenvalue weighted by Gasteiger charge is 2.49. The van der Waals surface area contributed by atoms with Crippen molar-refractivity contribution in [3.63, 3.8) is 0 Å². The van der Waals surface area contributed by atoms with Crippen molar-refractivity contribution in [1.29, 1.82) is 0 Å². The maximum Gasteiger partial charge on any atom is 0.327 e. The van der Waals surface area contributed by atoms with Crippen LogP contribution in [0, 0.1) is 12.3 Å². The Morgan fingerprint density at radius 3 is 2.67 bits per heavy atom. The summed E-state index contributed by atoms with van der Waals surface area (Å²) < 4.78 is 7.05. The number of fused-ring (bicyclic) bond motifs is 1. The average molecular weight is 377 g/mol. The van der Waals surface area contributed by atoms with Crippen molar-refractivity contribution in [3.8, 4) is 0 Å². The molecule has 2 fully saturated rings. The number of methoxy groups -OCH3 is 1. The van der Waals surface area contributed by atoms with E-state index < -0.39 is 6.04 Å². The average Bonchev–Trinajstić information content (AvgIpc) is 2.99. The zero-order valence-electron chi connectivity index (χ0n) is 17.1. The van der Waals surface area contributed by atoms with Gasteiger partial charge in [-0.2, -0.15) is 5.10 Å². The molecule has 0 radical (unpaired) electrons. The molecule has 27 heavy (non-hydrogen) atoms. The minimum atomic E-state index is -0.419. The van der Waals surface area contributed by atoms with Crippen LogP contribution in [-0.4, -0.2) is 82.4 Å². The van der Waals surface area contributed by atoms with E-state index in [1.165, 1.54) is 10.5 Å². The third-order valence-corrected chi connectivity index (χ3v) is 5.50. The second kappa shape index (κ2) is 7.59. The molecule has 3 rings (SSSR count). The van der Waals surface area contributed by atoms with Gasteiger partial charge in [-0.05, 0) is 19.3 Å². The van der Waals surface area contributed by atoms with E-state index in [1.54, 1.807) is 12.0 Å². The lowest BCUT2D eigenvalue weighted by atomic mass is 9.92. The first-order valence-electron chi connectivity index (χ1n) is 9.62. The van der Waals surface area contributed by atoms with Gasteiger partial charge < -0.3 is 9.64 Å². The number of nitrogens with zero attached hydrogens (tertiary/aromatic N) is 5. The number of carbonyl (C=O) groups is 2. The summed E-state index contributed by atoms with van der Waals surface area (Å²) >= 11 is 0. The Morgan fingerprint density at radius 1 is 1.30 bits per heavy atom. The highest BCUT2D eigenvalue weighted by atomic mass is 16.5. The minimum Gasteiger partial charge on any atom is -0.383 e. The summed E-state index contributed by atoms with van der Waals surface area (Å²) in [6.45, 7) is 12.7. The van der Waals surface area contributed by atoms with Crippen LogP contribution in [0.1, 0.15) is 32.0 Å². The van der Waals surface area contributed by atoms with E-state index in [2.05, 4.69) is 37.7 Å². The maximum atomic E-state index is 12.9. The molecule has 1 atom stereocenters. The van der Waals surface area contributed by atoms with E-state index in [1.807, 2.05) is 10.9 Å². The normalized spacial score (nSPS) is 23.1. The van der Waals surface area contributed by atoms with E-state index >= 15 is 0 Å². The van der Waals surface area contributed by atoms with Crippen molar-refractivity contribution in [3.05, 3.63) is 17.5 Å². The van der Waals surface area contributed by atoms with Gasteiger partial charge in [0.15, 0.2) is 0 Å². The molecule has 0 spiro atoms. The molecule has 2 aliphatic rings. The summed E-state index contributed by atoms with van der Waals surface area (Å²) in [6.07, 6.45) is 1.92. The molecule has 0 aromatic carbocycles. The van der Waals surface area contributed by atoms with Gasteiger partial charge in [0, 0.05) is 51.1 Å². The monoisotopic (exact) mass is 377 g/mol. The molecule has 1 aromatic rings. The van der Waals surface area contributed by atoms with Crippen LogP contribution in [0.4, 0.5) is 4.79 Å². The lowest BCUT2D eigenvalue weighted by Gasteiger charge is -2.30. The van der Waals surface area contributed by atoms with Gasteiger partial charge >= 0.3 is 6.03 Å². The molecule has 1 aromatic heterocycles. The number of rotatable bonds is 6. The molecule has 8 heteroatoms. The van der Waals surface area contributed by atoms with Crippen LogP contribution in [0.25, 0.3) is 0 Å². The molecule has 3 amide bonds. The Labute approximate surface area is 161 Å². The molecular formula is C19H31N5O3. The van der Waals surface area contributed by atoms with Crippen LogP contribution in [-0.2, 0) is 22.6 Å². The number of carbonyl (C=O) groups excluding carboxylic acids is 2. The van der Waals surface area contributed by atoms with Crippen molar-refractivity contribution in [1.82, 2.24) is 24.5 Å². The maximum absolute atomic E-state index is 12.9. The molecular weight excluding hydrogens is 346 g/mol. The van der Waals surface area contributed by atoms with Crippen LogP contribution in [0.5, 0.6) is 0 Å². The van der Waals surface area contributed by atoms with Crippen molar-refractivity contribution in [2.24, 2.45) is 5.41 Å². The zero-order valence-corrected chi connectivity index (χ0v) is 17.1. The summed E-state index contributed by atoms with van der Waals surface area (Å²) in [5.41, 5.74) is 2.23. The Morgan fingerprint density at radius 2 is 2.04 bits per heavy atom. The Hall–Kier alpha value is -1.93. The van der Waals surface area contributed by atoms with Gasteiger partial charge in [0.25, 0.3) is 5.91 Å². The van der Waals surface area contributed by atoms with Crippen LogP contribution in [0.15, 0.2) is 6.20 Å². The van der Waals surface area contributed by atoms with Crippen molar-refractivity contribution in [2.75, 3.05) is 39.9 Å². The van der Waals surface area contributed by atoms with E-state index in [0.717, 1.165) is 25.3 Å². The fourth-order valence-electron chi connectivity index (χ4n) is 4.18. The van der Waals surface area contributed by atoms with Crippen molar-refractivity contribution >= 4 is 11.9 Å². The second-order valence-electron chi connectivity index (χ2n) is 8.31. The molecule has 1 unspecified atom stereocenters. The summed E-state index contributed by atoms with van der Waals surface area (Å²) in [5, 5.41) is 4.44. The van der Waals surface area contributed by atoms with Crippen LogP contribution >= 0.6 is 0 Å². The predicted molar refractivity (Wildman–Crippen MR) is 101 cm³/mol. The first-order chi connectivity index (χ1) is 12.8. The van der Waals surface area contributed by atoms with Crippen molar-refractivity contribution < 1.29 is 14.3 Å². The first-order valence-corrected chi connectivity index (χ1v) is 9.62. The number of hydrogen-bond acceptors (Lipinski definition) is 5. The van der Waals surface area contributed by atoms with E-state index in [0.29, 0.717) is 26.2 Å². The molecule has 0 saturated carbocycles. The fraction of sp³-hybridized carbons (Fsp3) is 0.737. The van der Waals surface area contributed by atoms with Crippen LogP contribution < -0.4 is 0 Å². The first kappa shape index (κ1) is 19.8. The summed E-state index contributed by atoms with van der Waals surface area (Å²) in [6, 6.07) is -0.607. The number of amides is 3. The number of aromatic nitrogens is 2. The largest absolute Gasteiger partial charge is 0.383 e. The van der Waals surface area contributed by atoms with Gasteiger partial charge in [0.1, 0.15) is 6.04 Å². The third kappa shape index (κ3) is 3.87. The zero-order chi connectivity index (χ0) is 19.8. The molecule has 8 nitrogen and oxygen atoms in total. The minimum absolute atomic E-state index is 0.101. The van der Waals surface area contributed by atoms with E-state index in [-0.39, 0.29) is 17.4 Å². The molecule has 3 heterocycles. The van der Waals surface area contributed by atoms with Gasteiger partial charge in [0.05, 0.1) is 19.3 Å². The van der Waals surface area contributed by atoms with Gasteiger partial charge in [-0.15, -0.1) is 0 Å². The van der Waals surface area contributed by atoms with Gasteiger partial charge in [0.2, 0.25) is 0 Å². The highest BCUT2D eigenvalue weighted by Crippen LogP contribution is 2.30. The molecule has 0 bridgehead atoms. The second-order valence-corrected chi connectivity index (χ2v) is 8.31. The van der Waals surface area contributed by atoms with Crippen LogP contribution in [0.2, 0.25) is 0 Å². The molecule has 2 saturated heterocycles. The number of imide groups is 1. The summed E-state index contributed by atoms with van der Waals surface area (Å²) in [7, 11) is 1.58. The Kier molecular flexibility index (Phi) is 5.58. The number of ether oxygens (including phenoxy) is 1. The quantitative estimate of drug-likeness (QED) is 0.700.